The third-order valence-electron chi connectivity index (χ3n) is 4.39. The Hall–Kier alpha value is -1.52. The lowest BCUT2D eigenvalue weighted by molar-refractivity contribution is 0.0771. The average molecular weight is 286 g/mol. The number of aromatic amines is 1. The van der Waals surface area contributed by atoms with E-state index in [1.165, 1.54) is 29.3 Å². The maximum Gasteiger partial charge on any atom is 0.120 e. The number of morpholine rings is 1. The van der Waals surface area contributed by atoms with Crippen LogP contribution in [0.5, 0.6) is 5.75 Å². The quantitative estimate of drug-likeness (QED) is 0.887. The minimum absolute atomic E-state index is 0.411. The first-order chi connectivity index (χ1) is 10.4. The van der Waals surface area contributed by atoms with Crippen LogP contribution in [-0.4, -0.2) is 37.4 Å². The van der Waals surface area contributed by atoms with Crippen molar-refractivity contribution in [1.82, 2.24) is 10.3 Å². The van der Waals surface area contributed by atoms with E-state index in [1.54, 1.807) is 0 Å². The van der Waals surface area contributed by atoms with Crippen molar-refractivity contribution < 1.29 is 9.47 Å². The SMILES string of the molecule is c1cc2[nH]cc(C[C@H]3COCCN3)c2cc1OCC1CC1. The molecule has 2 aliphatic rings. The van der Waals surface area contributed by atoms with E-state index in [1.807, 2.05) is 0 Å². The zero-order chi connectivity index (χ0) is 14.1. The van der Waals surface area contributed by atoms with E-state index in [-0.39, 0.29) is 0 Å². The minimum atomic E-state index is 0.411. The zero-order valence-corrected chi connectivity index (χ0v) is 12.2. The molecular formula is C17H22N2O2. The first-order valence-corrected chi connectivity index (χ1v) is 7.92. The molecule has 2 aromatic rings. The van der Waals surface area contributed by atoms with Crippen molar-refractivity contribution in [2.24, 2.45) is 5.92 Å². The fraction of sp³-hybridized carbons (Fsp3) is 0.529. The van der Waals surface area contributed by atoms with Crippen molar-refractivity contribution in [3.63, 3.8) is 0 Å². The second kappa shape index (κ2) is 5.70. The van der Waals surface area contributed by atoms with Gasteiger partial charge in [0.15, 0.2) is 0 Å². The molecule has 0 spiro atoms. The molecule has 2 fully saturated rings. The summed E-state index contributed by atoms with van der Waals surface area (Å²) in [4.78, 5) is 3.36. The number of hydrogen-bond acceptors (Lipinski definition) is 3. The van der Waals surface area contributed by atoms with E-state index in [9.17, 15) is 0 Å². The van der Waals surface area contributed by atoms with Crippen LogP contribution in [0, 0.1) is 5.92 Å². The lowest BCUT2D eigenvalue weighted by Gasteiger charge is -2.23. The van der Waals surface area contributed by atoms with Crippen molar-refractivity contribution in [2.75, 3.05) is 26.4 Å². The average Bonchev–Trinajstić information content (AvgIpc) is 3.28. The van der Waals surface area contributed by atoms with E-state index in [0.717, 1.165) is 44.5 Å². The number of hydrogen-bond donors (Lipinski definition) is 2. The van der Waals surface area contributed by atoms with Gasteiger partial charge in [-0.3, -0.25) is 0 Å². The monoisotopic (exact) mass is 286 g/mol. The molecule has 4 rings (SSSR count). The van der Waals surface area contributed by atoms with Gasteiger partial charge in [-0.25, -0.2) is 0 Å². The highest BCUT2D eigenvalue weighted by Crippen LogP contribution is 2.31. The molecule has 21 heavy (non-hydrogen) atoms. The van der Waals surface area contributed by atoms with Gasteiger partial charge in [0.2, 0.25) is 0 Å². The molecule has 1 aliphatic heterocycles. The number of rotatable bonds is 5. The van der Waals surface area contributed by atoms with Gasteiger partial charge < -0.3 is 19.8 Å². The second-order valence-corrected chi connectivity index (χ2v) is 6.21. The number of H-pyrrole nitrogens is 1. The Morgan fingerprint density at radius 3 is 3.05 bits per heavy atom. The Labute approximate surface area is 124 Å². The highest BCUT2D eigenvalue weighted by Gasteiger charge is 2.22. The molecule has 4 nitrogen and oxygen atoms in total. The second-order valence-electron chi connectivity index (χ2n) is 6.21. The van der Waals surface area contributed by atoms with Crippen molar-refractivity contribution in [1.29, 1.82) is 0 Å². The van der Waals surface area contributed by atoms with Gasteiger partial charge in [0.25, 0.3) is 0 Å². The van der Waals surface area contributed by atoms with Gasteiger partial charge in [-0.15, -0.1) is 0 Å². The van der Waals surface area contributed by atoms with Crippen LogP contribution >= 0.6 is 0 Å². The number of fused-ring (bicyclic) bond motifs is 1. The van der Waals surface area contributed by atoms with Gasteiger partial charge in [0, 0.05) is 29.7 Å². The van der Waals surface area contributed by atoms with Crippen molar-refractivity contribution >= 4 is 10.9 Å². The third kappa shape index (κ3) is 3.06. The minimum Gasteiger partial charge on any atom is -0.493 e. The lowest BCUT2D eigenvalue weighted by Crippen LogP contribution is -2.42. The Kier molecular flexibility index (Phi) is 3.57. The predicted molar refractivity (Wildman–Crippen MR) is 82.8 cm³/mol. The van der Waals surface area contributed by atoms with Crippen LogP contribution < -0.4 is 10.1 Å². The third-order valence-corrected chi connectivity index (χ3v) is 4.39. The Morgan fingerprint density at radius 1 is 1.29 bits per heavy atom. The summed E-state index contributed by atoms with van der Waals surface area (Å²) >= 11 is 0. The van der Waals surface area contributed by atoms with E-state index in [2.05, 4.69) is 34.7 Å². The van der Waals surface area contributed by atoms with Crippen molar-refractivity contribution in [2.45, 2.75) is 25.3 Å². The maximum absolute atomic E-state index is 5.90. The molecule has 0 unspecified atom stereocenters. The Morgan fingerprint density at radius 2 is 2.24 bits per heavy atom. The van der Waals surface area contributed by atoms with E-state index in [4.69, 9.17) is 9.47 Å². The zero-order valence-electron chi connectivity index (χ0n) is 12.2. The molecule has 112 valence electrons. The van der Waals surface area contributed by atoms with Gasteiger partial charge >= 0.3 is 0 Å². The fourth-order valence-corrected chi connectivity index (χ4v) is 2.93. The molecule has 0 bridgehead atoms. The standard InChI is InChI=1S/C17H22N2O2/c1-2-12(1)10-21-15-3-4-17-16(8-15)13(9-19-17)7-14-11-20-6-5-18-14/h3-4,8-9,12,14,18-19H,1-2,5-7,10-11H2/t14-/m0/s1. The Balaban J connectivity index is 1.51. The molecule has 2 heterocycles. The number of nitrogens with one attached hydrogen (secondary N) is 2. The van der Waals surface area contributed by atoms with Crippen LogP contribution in [0.25, 0.3) is 10.9 Å². The van der Waals surface area contributed by atoms with Crippen LogP contribution in [0.1, 0.15) is 18.4 Å². The summed E-state index contributed by atoms with van der Waals surface area (Å²) in [5.41, 5.74) is 2.52. The van der Waals surface area contributed by atoms with E-state index < -0.39 is 0 Å². The van der Waals surface area contributed by atoms with E-state index in [0.29, 0.717) is 6.04 Å². The molecule has 1 aliphatic carbocycles. The van der Waals surface area contributed by atoms with Crippen molar-refractivity contribution in [3.05, 3.63) is 30.0 Å². The van der Waals surface area contributed by atoms with Crippen LogP contribution in [0.3, 0.4) is 0 Å². The summed E-state index contributed by atoms with van der Waals surface area (Å²) in [5.74, 6) is 1.78. The van der Waals surface area contributed by atoms with Gasteiger partial charge in [0.1, 0.15) is 5.75 Å². The van der Waals surface area contributed by atoms with E-state index >= 15 is 0 Å². The van der Waals surface area contributed by atoms with Crippen molar-refractivity contribution in [3.8, 4) is 5.75 Å². The van der Waals surface area contributed by atoms with Gasteiger partial charge in [-0.05, 0) is 48.9 Å². The van der Waals surface area contributed by atoms with Gasteiger partial charge in [0.05, 0.1) is 19.8 Å². The molecule has 4 heteroatoms. The molecule has 1 saturated carbocycles. The molecule has 1 saturated heterocycles. The number of benzene rings is 1. The summed E-state index contributed by atoms with van der Waals surface area (Å²) < 4.78 is 11.4. The summed E-state index contributed by atoms with van der Waals surface area (Å²) in [6.07, 6.45) is 5.76. The highest BCUT2D eigenvalue weighted by molar-refractivity contribution is 5.84. The predicted octanol–water partition coefficient (Wildman–Crippen LogP) is 2.49. The smallest absolute Gasteiger partial charge is 0.120 e. The highest BCUT2D eigenvalue weighted by atomic mass is 16.5. The number of aromatic nitrogens is 1. The van der Waals surface area contributed by atoms with Crippen LogP contribution in [0.4, 0.5) is 0 Å². The Bertz CT molecular complexity index is 612. The molecule has 1 aromatic heterocycles. The van der Waals surface area contributed by atoms with Gasteiger partial charge in [-0.2, -0.15) is 0 Å². The summed E-state index contributed by atoms with van der Waals surface area (Å²) in [6, 6.07) is 6.76. The summed E-state index contributed by atoms with van der Waals surface area (Å²) in [6.45, 7) is 3.43. The fourth-order valence-electron chi connectivity index (χ4n) is 2.93. The normalized spacial score (nSPS) is 22.6. The molecule has 0 radical (unpaired) electrons. The van der Waals surface area contributed by atoms with Crippen LogP contribution in [0.15, 0.2) is 24.4 Å². The molecule has 1 atom stereocenters. The first-order valence-electron chi connectivity index (χ1n) is 7.92. The largest absolute Gasteiger partial charge is 0.493 e. The van der Waals surface area contributed by atoms with Crippen LogP contribution in [-0.2, 0) is 11.2 Å². The molecule has 1 aromatic carbocycles. The lowest BCUT2D eigenvalue weighted by atomic mass is 10.0. The summed E-state index contributed by atoms with van der Waals surface area (Å²) in [5, 5.41) is 4.79. The maximum atomic E-state index is 5.90. The summed E-state index contributed by atoms with van der Waals surface area (Å²) in [7, 11) is 0. The molecule has 0 amide bonds. The number of ether oxygens (including phenoxy) is 2. The molecular weight excluding hydrogens is 264 g/mol. The van der Waals surface area contributed by atoms with Crippen LogP contribution in [0.2, 0.25) is 0 Å². The first kappa shape index (κ1) is 13.2. The molecule has 2 N–H and O–H groups in total. The topological polar surface area (TPSA) is 46.3 Å². The van der Waals surface area contributed by atoms with Gasteiger partial charge in [-0.1, -0.05) is 0 Å².